The minimum absolute atomic E-state index is 0.786. The highest BCUT2D eigenvalue weighted by atomic mass is 32.2. The molecule has 1 aliphatic heterocycles. The lowest BCUT2D eigenvalue weighted by molar-refractivity contribution is 0.841. The molecule has 2 heterocycles. The normalized spacial score (nSPS) is 17.4. The van der Waals surface area contributed by atoms with Crippen LogP contribution in [0.1, 0.15) is 0 Å². The molecular formula is C9H13N3S. The third-order valence-corrected chi connectivity index (χ3v) is 3.07. The average Bonchev–Trinajstić information content (AvgIpc) is 2.20. The van der Waals surface area contributed by atoms with Crippen LogP contribution in [0.15, 0.2) is 18.3 Å². The van der Waals surface area contributed by atoms with E-state index in [4.69, 9.17) is 5.73 Å². The maximum Gasteiger partial charge on any atom is 0.151 e. The van der Waals surface area contributed by atoms with Gasteiger partial charge < -0.3 is 10.6 Å². The van der Waals surface area contributed by atoms with Gasteiger partial charge in [-0.3, -0.25) is 0 Å². The summed E-state index contributed by atoms with van der Waals surface area (Å²) in [6.07, 6.45) is 1.80. The second-order valence-corrected chi connectivity index (χ2v) is 4.24. The van der Waals surface area contributed by atoms with E-state index in [9.17, 15) is 0 Å². The van der Waals surface area contributed by atoms with E-state index in [1.807, 2.05) is 23.9 Å². The Kier molecular flexibility index (Phi) is 2.59. The van der Waals surface area contributed by atoms with E-state index in [0.717, 1.165) is 24.6 Å². The van der Waals surface area contributed by atoms with Crippen LogP contribution in [-0.2, 0) is 0 Å². The Hall–Kier alpha value is -0.900. The molecule has 0 saturated carbocycles. The van der Waals surface area contributed by atoms with Crippen LogP contribution in [0.5, 0.6) is 0 Å². The van der Waals surface area contributed by atoms with Crippen LogP contribution in [-0.4, -0.2) is 29.6 Å². The molecular weight excluding hydrogens is 182 g/mol. The fourth-order valence-corrected chi connectivity index (χ4v) is 2.35. The molecule has 0 aromatic carbocycles. The van der Waals surface area contributed by atoms with Crippen LogP contribution in [0, 0.1) is 0 Å². The number of pyridine rings is 1. The minimum atomic E-state index is 0.786. The number of rotatable bonds is 1. The van der Waals surface area contributed by atoms with Gasteiger partial charge in [0.1, 0.15) is 0 Å². The zero-order chi connectivity index (χ0) is 9.10. The van der Waals surface area contributed by atoms with Crippen molar-refractivity contribution in [2.75, 3.05) is 35.2 Å². The predicted molar refractivity (Wildman–Crippen MR) is 58.2 cm³/mol. The highest BCUT2D eigenvalue weighted by Gasteiger charge is 2.13. The lowest BCUT2D eigenvalue weighted by Crippen LogP contribution is -2.33. The molecule has 1 aromatic heterocycles. The minimum Gasteiger partial charge on any atom is -0.396 e. The van der Waals surface area contributed by atoms with Crippen LogP contribution in [0.4, 0.5) is 11.5 Å². The van der Waals surface area contributed by atoms with Crippen molar-refractivity contribution < 1.29 is 0 Å². The van der Waals surface area contributed by atoms with E-state index < -0.39 is 0 Å². The van der Waals surface area contributed by atoms with E-state index in [-0.39, 0.29) is 0 Å². The molecule has 0 aliphatic carbocycles. The topological polar surface area (TPSA) is 42.1 Å². The molecule has 4 heteroatoms. The van der Waals surface area contributed by atoms with Crippen molar-refractivity contribution in [1.29, 1.82) is 0 Å². The highest BCUT2D eigenvalue weighted by Crippen LogP contribution is 2.22. The average molecular weight is 195 g/mol. The summed E-state index contributed by atoms with van der Waals surface area (Å²) in [6, 6.07) is 3.78. The number of thioether (sulfide) groups is 1. The molecule has 1 aromatic rings. The smallest absolute Gasteiger partial charge is 0.151 e. The summed E-state index contributed by atoms with van der Waals surface area (Å²) < 4.78 is 0. The van der Waals surface area contributed by atoms with E-state index in [2.05, 4.69) is 9.88 Å². The standard InChI is InChI=1S/C9H13N3S/c10-8-2-1-3-11-9(8)12-4-6-13-7-5-12/h1-3H,4-7,10H2. The number of aromatic nitrogens is 1. The van der Waals surface area contributed by atoms with Crippen molar-refractivity contribution in [3.63, 3.8) is 0 Å². The largest absolute Gasteiger partial charge is 0.396 e. The second-order valence-electron chi connectivity index (χ2n) is 3.02. The number of nitrogens with zero attached hydrogens (tertiary/aromatic N) is 2. The van der Waals surface area contributed by atoms with Crippen LogP contribution < -0.4 is 10.6 Å². The predicted octanol–water partition coefficient (Wildman–Crippen LogP) is 1.22. The van der Waals surface area contributed by atoms with Gasteiger partial charge in [0.05, 0.1) is 5.69 Å². The van der Waals surface area contributed by atoms with E-state index in [1.54, 1.807) is 6.20 Å². The summed E-state index contributed by atoms with van der Waals surface area (Å²) in [5.74, 6) is 3.30. The maximum absolute atomic E-state index is 5.84. The molecule has 1 saturated heterocycles. The Balaban J connectivity index is 2.18. The zero-order valence-electron chi connectivity index (χ0n) is 7.44. The molecule has 3 nitrogen and oxygen atoms in total. The fourth-order valence-electron chi connectivity index (χ4n) is 1.45. The van der Waals surface area contributed by atoms with Gasteiger partial charge in [0, 0.05) is 30.8 Å². The van der Waals surface area contributed by atoms with Crippen LogP contribution in [0.2, 0.25) is 0 Å². The third-order valence-electron chi connectivity index (χ3n) is 2.13. The van der Waals surface area contributed by atoms with Crippen molar-refractivity contribution in [3.8, 4) is 0 Å². The van der Waals surface area contributed by atoms with Crippen molar-refractivity contribution in [1.82, 2.24) is 4.98 Å². The summed E-state index contributed by atoms with van der Waals surface area (Å²) >= 11 is 1.99. The summed E-state index contributed by atoms with van der Waals surface area (Å²) in [7, 11) is 0. The lowest BCUT2D eigenvalue weighted by Gasteiger charge is -2.28. The van der Waals surface area contributed by atoms with Gasteiger partial charge >= 0.3 is 0 Å². The summed E-state index contributed by atoms with van der Waals surface area (Å²) in [5, 5.41) is 0. The van der Waals surface area contributed by atoms with Gasteiger partial charge in [-0.05, 0) is 12.1 Å². The van der Waals surface area contributed by atoms with Crippen LogP contribution in [0.25, 0.3) is 0 Å². The summed E-state index contributed by atoms with van der Waals surface area (Å²) in [6.45, 7) is 2.12. The number of anilines is 2. The van der Waals surface area contributed by atoms with Crippen LogP contribution in [0.3, 0.4) is 0 Å². The van der Waals surface area contributed by atoms with Gasteiger partial charge in [-0.15, -0.1) is 0 Å². The van der Waals surface area contributed by atoms with Crippen molar-refractivity contribution in [2.24, 2.45) is 0 Å². The molecule has 13 heavy (non-hydrogen) atoms. The van der Waals surface area contributed by atoms with Crippen LogP contribution >= 0.6 is 11.8 Å². The van der Waals surface area contributed by atoms with Gasteiger partial charge in [0.2, 0.25) is 0 Å². The number of nitrogens with two attached hydrogens (primary N) is 1. The SMILES string of the molecule is Nc1cccnc1N1CCSCC1. The molecule has 1 fully saturated rings. The molecule has 2 rings (SSSR count). The van der Waals surface area contributed by atoms with Gasteiger partial charge in [-0.25, -0.2) is 4.98 Å². The zero-order valence-corrected chi connectivity index (χ0v) is 8.26. The van der Waals surface area contributed by atoms with Gasteiger partial charge in [-0.1, -0.05) is 0 Å². The van der Waals surface area contributed by atoms with E-state index in [1.165, 1.54) is 11.5 Å². The Bertz CT molecular complexity index is 284. The molecule has 0 spiro atoms. The number of hydrogen-bond acceptors (Lipinski definition) is 4. The van der Waals surface area contributed by atoms with Gasteiger partial charge in [0.25, 0.3) is 0 Å². The monoisotopic (exact) mass is 195 g/mol. The summed E-state index contributed by atoms with van der Waals surface area (Å²) in [4.78, 5) is 6.55. The quantitative estimate of drug-likeness (QED) is 0.731. The summed E-state index contributed by atoms with van der Waals surface area (Å²) in [5.41, 5.74) is 6.63. The molecule has 0 unspecified atom stereocenters. The van der Waals surface area contributed by atoms with Crippen molar-refractivity contribution in [3.05, 3.63) is 18.3 Å². The number of nitrogen functional groups attached to an aromatic ring is 1. The highest BCUT2D eigenvalue weighted by molar-refractivity contribution is 7.99. The molecule has 0 amide bonds. The Morgan fingerprint density at radius 1 is 1.38 bits per heavy atom. The Morgan fingerprint density at radius 2 is 2.15 bits per heavy atom. The molecule has 70 valence electrons. The van der Waals surface area contributed by atoms with E-state index in [0.29, 0.717) is 0 Å². The van der Waals surface area contributed by atoms with E-state index >= 15 is 0 Å². The first-order chi connectivity index (χ1) is 6.38. The van der Waals surface area contributed by atoms with Crippen molar-refractivity contribution >= 4 is 23.3 Å². The van der Waals surface area contributed by atoms with Gasteiger partial charge in [0.15, 0.2) is 5.82 Å². The van der Waals surface area contributed by atoms with Crippen molar-refractivity contribution in [2.45, 2.75) is 0 Å². The molecule has 1 aliphatic rings. The molecule has 0 radical (unpaired) electrons. The lowest BCUT2D eigenvalue weighted by atomic mass is 10.3. The van der Waals surface area contributed by atoms with Gasteiger partial charge in [-0.2, -0.15) is 11.8 Å². The second kappa shape index (κ2) is 3.87. The maximum atomic E-state index is 5.84. The Morgan fingerprint density at radius 3 is 2.85 bits per heavy atom. The first kappa shape index (κ1) is 8.69. The fraction of sp³-hybridized carbons (Fsp3) is 0.444. The molecule has 2 N–H and O–H groups in total. The number of hydrogen-bond donors (Lipinski definition) is 1. The third kappa shape index (κ3) is 1.88. The first-order valence-electron chi connectivity index (χ1n) is 4.41. The first-order valence-corrected chi connectivity index (χ1v) is 5.56. The molecule has 0 atom stereocenters. The molecule has 0 bridgehead atoms. The Labute approximate surface area is 82.3 Å².